The molecule has 3 N–H and O–H groups in total. The van der Waals surface area contributed by atoms with Crippen LogP contribution in [-0.2, 0) is 6.42 Å². The molecule has 19 heavy (non-hydrogen) atoms. The number of phenols is 1. The Morgan fingerprint density at radius 3 is 2.63 bits per heavy atom. The van der Waals surface area contributed by atoms with Crippen molar-refractivity contribution in [2.24, 2.45) is 11.1 Å². The predicted octanol–water partition coefficient (Wildman–Crippen LogP) is 2.44. The molecule has 1 aromatic carbocycles. The van der Waals surface area contributed by atoms with Crippen LogP contribution in [0.1, 0.15) is 43.9 Å². The van der Waals surface area contributed by atoms with Crippen molar-refractivity contribution in [3.05, 3.63) is 29.3 Å². The molecule has 0 radical (unpaired) electrons. The highest BCUT2D eigenvalue weighted by molar-refractivity contribution is 5.42. The Balaban J connectivity index is 1.82. The van der Waals surface area contributed by atoms with Crippen LogP contribution < -0.4 is 5.73 Å². The number of aromatic hydroxyl groups is 1. The molecule has 0 amide bonds. The van der Waals surface area contributed by atoms with Crippen LogP contribution in [0.3, 0.4) is 0 Å². The molecule has 1 spiro atoms. The van der Waals surface area contributed by atoms with Crippen molar-refractivity contribution >= 4 is 0 Å². The molecule has 1 atom stereocenters. The Kier molecular flexibility index (Phi) is 3.06. The van der Waals surface area contributed by atoms with Crippen LogP contribution in [0.15, 0.2) is 18.2 Å². The highest BCUT2D eigenvalue weighted by atomic mass is 16.3. The van der Waals surface area contributed by atoms with E-state index in [0.29, 0.717) is 11.8 Å². The summed E-state index contributed by atoms with van der Waals surface area (Å²) in [5.41, 5.74) is 9.24. The molecular formula is C16H24N2O. The van der Waals surface area contributed by atoms with Crippen LogP contribution in [0.5, 0.6) is 5.75 Å². The van der Waals surface area contributed by atoms with Crippen LogP contribution in [0.4, 0.5) is 0 Å². The maximum atomic E-state index is 9.65. The molecule has 104 valence electrons. The van der Waals surface area contributed by atoms with E-state index < -0.39 is 0 Å². The van der Waals surface area contributed by atoms with E-state index in [2.05, 4.69) is 18.7 Å². The molecule has 2 aliphatic rings. The molecule has 1 aliphatic heterocycles. The number of likely N-dealkylation sites (tertiary alicyclic amines) is 1. The Morgan fingerprint density at radius 2 is 2.00 bits per heavy atom. The van der Waals surface area contributed by atoms with E-state index in [1.165, 1.54) is 18.4 Å². The van der Waals surface area contributed by atoms with E-state index in [9.17, 15) is 5.11 Å². The normalized spacial score (nSPS) is 26.0. The van der Waals surface area contributed by atoms with Gasteiger partial charge in [0, 0.05) is 12.1 Å². The van der Waals surface area contributed by atoms with Crippen molar-refractivity contribution < 1.29 is 5.11 Å². The third kappa shape index (κ3) is 2.05. The van der Waals surface area contributed by atoms with Crippen molar-refractivity contribution in [3.8, 4) is 5.75 Å². The number of nitrogens with two attached hydrogens (primary N) is 1. The summed E-state index contributed by atoms with van der Waals surface area (Å²) in [5.74, 6) is 0.339. The highest BCUT2D eigenvalue weighted by Gasteiger charge is 2.46. The van der Waals surface area contributed by atoms with Crippen LogP contribution in [-0.4, -0.2) is 29.1 Å². The molecule has 1 fully saturated rings. The first kappa shape index (κ1) is 12.9. The summed E-state index contributed by atoms with van der Waals surface area (Å²) in [7, 11) is 0. The van der Waals surface area contributed by atoms with Gasteiger partial charge in [-0.25, -0.2) is 0 Å². The lowest BCUT2D eigenvalue weighted by Gasteiger charge is -2.43. The molecule has 0 aromatic heterocycles. The maximum Gasteiger partial charge on any atom is 0.115 e. The van der Waals surface area contributed by atoms with E-state index in [0.717, 1.165) is 25.1 Å². The fourth-order valence-electron chi connectivity index (χ4n) is 3.83. The van der Waals surface area contributed by atoms with Crippen molar-refractivity contribution in [1.82, 2.24) is 4.90 Å². The van der Waals surface area contributed by atoms with Gasteiger partial charge in [-0.05, 0) is 74.9 Å². The standard InChI is InChI=1S/C16H24N2O/c1-11(2)18-7-5-16(6-8-18)10-12-3-4-13(19)9-14(12)15(16)17/h3-4,9,11,15,19H,5-8,10,17H2,1-2H3/t15-/m0/s1. The molecule has 1 saturated heterocycles. The molecule has 3 nitrogen and oxygen atoms in total. The van der Waals surface area contributed by atoms with Gasteiger partial charge in [0.25, 0.3) is 0 Å². The second-order valence-corrected chi connectivity index (χ2v) is 6.53. The first-order valence-electron chi connectivity index (χ1n) is 7.33. The quantitative estimate of drug-likeness (QED) is 0.815. The minimum absolute atomic E-state index is 0.0870. The predicted molar refractivity (Wildman–Crippen MR) is 77.1 cm³/mol. The third-order valence-electron chi connectivity index (χ3n) is 5.19. The number of nitrogens with zero attached hydrogens (tertiary/aromatic N) is 1. The van der Waals surface area contributed by atoms with Gasteiger partial charge in [0.15, 0.2) is 0 Å². The fourth-order valence-corrected chi connectivity index (χ4v) is 3.83. The molecule has 1 heterocycles. The van der Waals surface area contributed by atoms with E-state index in [4.69, 9.17) is 5.73 Å². The van der Waals surface area contributed by atoms with Gasteiger partial charge in [-0.3, -0.25) is 0 Å². The zero-order valence-corrected chi connectivity index (χ0v) is 11.9. The minimum atomic E-state index is 0.0870. The van der Waals surface area contributed by atoms with Gasteiger partial charge in [-0.1, -0.05) is 6.07 Å². The molecule has 3 heteroatoms. The molecule has 1 aromatic rings. The number of fused-ring (bicyclic) bond motifs is 1. The lowest BCUT2D eigenvalue weighted by atomic mass is 9.73. The Labute approximate surface area is 115 Å². The topological polar surface area (TPSA) is 49.5 Å². The Morgan fingerprint density at radius 1 is 1.32 bits per heavy atom. The van der Waals surface area contributed by atoms with Crippen LogP contribution >= 0.6 is 0 Å². The number of benzene rings is 1. The number of hydrogen-bond donors (Lipinski definition) is 2. The summed E-state index contributed by atoms with van der Waals surface area (Å²) in [4.78, 5) is 2.54. The SMILES string of the molecule is CC(C)N1CCC2(CC1)Cc1ccc(O)cc1[C@@H]2N. The molecular weight excluding hydrogens is 236 g/mol. The van der Waals surface area contributed by atoms with E-state index in [-0.39, 0.29) is 11.5 Å². The summed E-state index contributed by atoms with van der Waals surface area (Å²) in [6, 6.07) is 6.41. The number of rotatable bonds is 1. The molecule has 3 rings (SSSR count). The van der Waals surface area contributed by atoms with Gasteiger partial charge in [-0.15, -0.1) is 0 Å². The average Bonchev–Trinajstić information content (AvgIpc) is 2.64. The smallest absolute Gasteiger partial charge is 0.115 e. The van der Waals surface area contributed by atoms with E-state index in [1.807, 2.05) is 12.1 Å². The van der Waals surface area contributed by atoms with Crippen LogP contribution in [0.25, 0.3) is 0 Å². The minimum Gasteiger partial charge on any atom is -0.508 e. The summed E-state index contributed by atoms with van der Waals surface area (Å²) >= 11 is 0. The number of phenolic OH excluding ortho intramolecular Hbond substituents is 1. The molecule has 1 aliphatic carbocycles. The van der Waals surface area contributed by atoms with Gasteiger partial charge in [0.1, 0.15) is 5.75 Å². The first-order valence-corrected chi connectivity index (χ1v) is 7.33. The monoisotopic (exact) mass is 260 g/mol. The van der Waals surface area contributed by atoms with Gasteiger partial charge in [0.2, 0.25) is 0 Å². The fraction of sp³-hybridized carbons (Fsp3) is 0.625. The molecule has 0 unspecified atom stereocenters. The van der Waals surface area contributed by atoms with Crippen LogP contribution in [0, 0.1) is 5.41 Å². The Bertz CT molecular complexity index is 476. The summed E-state index contributed by atoms with van der Waals surface area (Å²) < 4.78 is 0. The second-order valence-electron chi connectivity index (χ2n) is 6.53. The molecule has 0 bridgehead atoms. The van der Waals surface area contributed by atoms with Crippen molar-refractivity contribution in [2.75, 3.05) is 13.1 Å². The number of piperidine rings is 1. The lowest BCUT2D eigenvalue weighted by Crippen LogP contribution is -2.46. The largest absolute Gasteiger partial charge is 0.508 e. The second kappa shape index (κ2) is 4.50. The van der Waals surface area contributed by atoms with Crippen molar-refractivity contribution in [3.63, 3.8) is 0 Å². The maximum absolute atomic E-state index is 9.65. The number of hydrogen-bond acceptors (Lipinski definition) is 3. The van der Waals surface area contributed by atoms with Crippen LogP contribution in [0.2, 0.25) is 0 Å². The van der Waals surface area contributed by atoms with Crippen molar-refractivity contribution in [1.29, 1.82) is 0 Å². The summed E-state index contributed by atoms with van der Waals surface area (Å²) in [6.07, 6.45) is 3.42. The third-order valence-corrected chi connectivity index (χ3v) is 5.19. The van der Waals surface area contributed by atoms with Crippen molar-refractivity contribution in [2.45, 2.75) is 45.2 Å². The van der Waals surface area contributed by atoms with Gasteiger partial charge >= 0.3 is 0 Å². The summed E-state index contributed by atoms with van der Waals surface area (Å²) in [5, 5.41) is 9.65. The molecule has 0 saturated carbocycles. The van der Waals surface area contributed by atoms with E-state index in [1.54, 1.807) is 6.07 Å². The van der Waals surface area contributed by atoms with E-state index >= 15 is 0 Å². The highest BCUT2D eigenvalue weighted by Crippen LogP contribution is 2.51. The zero-order chi connectivity index (χ0) is 13.6. The van der Waals surface area contributed by atoms with Gasteiger partial charge in [-0.2, -0.15) is 0 Å². The van der Waals surface area contributed by atoms with Gasteiger partial charge in [0.05, 0.1) is 0 Å². The summed E-state index contributed by atoms with van der Waals surface area (Å²) in [6.45, 7) is 6.81. The Hall–Kier alpha value is -1.06. The average molecular weight is 260 g/mol. The van der Waals surface area contributed by atoms with Gasteiger partial charge < -0.3 is 15.7 Å². The lowest BCUT2D eigenvalue weighted by molar-refractivity contribution is 0.0710. The first-order chi connectivity index (χ1) is 9.02. The zero-order valence-electron chi connectivity index (χ0n) is 11.9.